The number of aliphatic hydroxyl groups excluding tert-OH is 2. The van der Waals surface area contributed by atoms with E-state index < -0.39 is 11.9 Å². The lowest BCUT2D eigenvalue weighted by molar-refractivity contribution is -0.121. The van der Waals surface area contributed by atoms with Crippen LogP contribution in [0.3, 0.4) is 0 Å². The molecule has 7 heteroatoms. The topological polar surface area (TPSA) is 102 Å². The van der Waals surface area contributed by atoms with Crippen LogP contribution in [-0.2, 0) is 4.79 Å². The van der Waals surface area contributed by atoms with Crippen molar-refractivity contribution in [3.8, 4) is 0 Å². The van der Waals surface area contributed by atoms with E-state index in [4.69, 9.17) is 10.2 Å². The van der Waals surface area contributed by atoms with Crippen molar-refractivity contribution in [1.82, 2.24) is 15.5 Å². The van der Waals surface area contributed by atoms with Gasteiger partial charge >= 0.3 is 6.03 Å². The molecule has 0 spiro atoms. The number of imide groups is 1. The highest BCUT2D eigenvalue weighted by atomic mass is 16.3. The molecular formula is C11H23N3O4. The Balaban J connectivity index is 3.88. The van der Waals surface area contributed by atoms with Gasteiger partial charge in [-0.2, -0.15) is 0 Å². The monoisotopic (exact) mass is 261 g/mol. The molecule has 0 aromatic carbocycles. The summed E-state index contributed by atoms with van der Waals surface area (Å²) in [5.41, 5.74) is 0. The first-order chi connectivity index (χ1) is 8.63. The fourth-order valence-corrected chi connectivity index (χ4v) is 1.34. The fourth-order valence-electron chi connectivity index (χ4n) is 1.34. The molecule has 0 fully saturated rings. The molecule has 0 saturated heterocycles. The van der Waals surface area contributed by atoms with E-state index in [0.29, 0.717) is 6.54 Å². The maximum absolute atomic E-state index is 11.5. The minimum atomic E-state index is -0.513. The lowest BCUT2D eigenvalue weighted by Crippen LogP contribution is -2.45. The normalized spacial score (nSPS) is 10.4. The molecule has 106 valence electrons. The van der Waals surface area contributed by atoms with E-state index in [9.17, 15) is 9.59 Å². The van der Waals surface area contributed by atoms with Crippen LogP contribution in [0.15, 0.2) is 0 Å². The molecule has 0 aliphatic carbocycles. The van der Waals surface area contributed by atoms with Crippen molar-refractivity contribution >= 4 is 11.9 Å². The number of urea groups is 1. The Labute approximate surface area is 107 Å². The molecule has 0 bridgehead atoms. The Kier molecular flexibility index (Phi) is 10.2. The Hall–Kier alpha value is -1.18. The lowest BCUT2D eigenvalue weighted by Gasteiger charge is -2.19. The zero-order chi connectivity index (χ0) is 13.8. The summed E-state index contributed by atoms with van der Waals surface area (Å²) < 4.78 is 0. The number of hydrogen-bond donors (Lipinski definition) is 4. The quantitative estimate of drug-likeness (QED) is 0.395. The van der Waals surface area contributed by atoms with Gasteiger partial charge in [0.1, 0.15) is 0 Å². The number of hydrogen-bond acceptors (Lipinski definition) is 5. The van der Waals surface area contributed by atoms with Gasteiger partial charge in [-0.05, 0) is 6.42 Å². The van der Waals surface area contributed by atoms with Crippen LogP contribution in [0.25, 0.3) is 0 Å². The van der Waals surface area contributed by atoms with Crippen molar-refractivity contribution in [2.75, 3.05) is 39.4 Å². The molecule has 0 rings (SSSR count). The van der Waals surface area contributed by atoms with E-state index in [1.165, 1.54) is 0 Å². The molecule has 4 N–H and O–H groups in total. The highest BCUT2D eigenvalue weighted by Crippen LogP contribution is 1.87. The first-order valence-electron chi connectivity index (χ1n) is 6.15. The number of unbranched alkanes of at least 4 members (excludes halogenated alkanes) is 1. The average molecular weight is 261 g/mol. The predicted octanol–water partition coefficient (Wildman–Crippen LogP) is -1.10. The van der Waals surface area contributed by atoms with E-state index in [1.54, 1.807) is 4.90 Å². The standard InChI is InChI=1S/C11H23N3O4/c1-2-3-4-12-11(18)13-10(17)9-14(5-7-15)6-8-16/h15-16H,2-9H2,1H3,(H2,12,13,17,18). The first-order valence-corrected chi connectivity index (χ1v) is 6.15. The van der Waals surface area contributed by atoms with Crippen LogP contribution < -0.4 is 10.6 Å². The van der Waals surface area contributed by atoms with Crippen LogP contribution in [0, 0.1) is 0 Å². The Morgan fingerprint density at radius 1 is 1.17 bits per heavy atom. The molecule has 0 aliphatic rings. The molecule has 0 saturated carbocycles. The summed E-state index contributed by atoms with van der Waals surface area (Å²) >= 11 is 0. The molecule has 0 aromatic heterocycles. The fraction of sp³-hybridized carbons (Fsp3) is 0.818. The molecule has 0 unspecified atom stereocenters. The van der Waals surface area contributed by atoms with Gasteiger partial charge in [0.2, 0.25) is 5.91 Å². The molecule has 0 heterocycles. The maximum Gasteiger partial charge on any atom is 0.321 e. The third-order valence-corrected chi connectivity index (χ3v) is 2.27. The maximum atomic E-state index is 11.5. The lowest BCUT2D eigenvalue weighted by atomic mass is 10.3. The van der Waals surface area contributed by atoms with E-state index in [2.05, 4.69) is 10.6 Å². The van der Waals surface area contributed by atoms with Gasteiger partial charge in [-0.25, -0.2) is 4.79 Å². The number of carbonyl (C=O) groups is 2. The molecule has 0 atom stereocenters. The minimum Gasteiger partial charge on any atom is -0.395 e. The molecule has 0 radical (unpaired) electrons. The number of carbonyl (C=O) groups excluding carboxylic acids is 2. The van der Waals surface area contributed by atoms with Crippen molar-refractivity contribution in [3.63, 3.8) is 0 Å². The largest absolute Gasteiger partial charge is 0.395 e. The zero-order valence-electron chi connectivity index (χ0n) is 10.8. The summed E-state index contributed by atoms with van der Waals surface area (Å²) in [4.78, 5) is 24.3. The van der Waals surface area contributed by atoms with E-state index in [0.717, 1.165) is 12.8 Å². The van der Waals surface area contributed by atoms with Crippen molar-refractivity contribution in [2.24, 2.45) is 0 Å². The van der Waals surface area contributed by atoms with E-state index >= 15 is 0 Å². The van der Waals surface area contributed by atoms with Crippen molar-refractivity contribution in [3.05, 3.63) is 0 Å². The SMILES string of the molecule is CCCCNC(=O)NC(=O)CN(CCO)CCO. The Morgan fingerprint density at radius 2 is 1.78 bits per heavy atom. The highest BCUT2D eigenvalue weighted by Gasteiger charge is 2.12. The second-order valence-corrected chi connectivity index (χ2v) is 3.88. The molecular weight excluding hydrogens is 238 g/mol. The molecule has 0 aromatic rings. The van der Waals surface area contributed by atoms with E-state index in [1.807, 2.05) is 6.92 Å². The van der Waals surface area contributed by atoms with Gasteiger partial charge in [0.25, 0.3) is 0 Å². The number of aliphatic hydroxyl groups is 2. The summed E-state index contributed by atoms with van der Waals surface area (Å²) in [6.07, 6.45) is 1.83. The van der Waals surface area contributed by atoms with Gasteiger partial charge in [-0.15, -0.1) is 0 Å². The second kappa shape index (κ2) is 10.9. The van der Waals surface area contributed by atoms with Crippen LogP contribution in [-0.4, -0.2) is 66.4 Å². The summed E-state index contributed by atoms with van der Waals surface area (Å²) in [6.45, 7) is 2.88. The second-order valence-electron chi connectivity index (χ2n) is 3.88. The van der Waals surface area contributed by atoms with Crippen LogP contribution in [0.5, 0.6) is 0 Å². The number of nitrogens with one attached hydrogen (secondary N) is 2. The summed E-state index contributed by atoms with van der Waals surface area (Å²) in [5, 5.41) is 22.3. The first kappa shape index (κ1) is 16.8. The van der Waals surface area contributed by atoms with Crippen LogP contribution in [0.1, 0.15) is 19.8 Å². The zero-order valence-corrected chi connectivity index (χ0v) is 10.8. The van der Waals surface area contributed by atoms with Gasteiger partial charge in [-0.1, -0.05) is 13.3 Å². The summed E-state index contributed by atoms with van der Waals surface area (Å²) in [5.74, 6) is -0.453. The highest BCUT2D eigenvalue weighted by molar-refractivity contribution is 5.95. The van der Waals surface area contributed by atoms with Gasteiger partial charge in [0, 0.05) is 19.6 Å². The Morgan fingerprint density at radius 3 is 2.28 bits per heavy atom. The molecule has 7 nitrogen and oxygen atoms in total. The van der Waals surface area contributed by atoms with Crippen molar-refractivity contribution < 1.29 is 19.8 Å². The predicted molar refractivity (Wildman–Crippen MR) is 67.1 cm³/mol. The summed E-state index contributed by atoms with van der Waals surface area (Å²) in [6, 6.07) is -0.513. The number of rotatable bonds is 9. The van der Waals surface area contributed by atoms with Gasteiger partial charge < -0.3 is 15.5 Å². The van der Waals surface area contributed by atoms with Gasteiger partial charge in [0.05, 0.1) is 19.8 Å². The third kappa shape index (κ3) is 8.91. The van der Waals surface area contributed by atoms with Crippen LogP contribution in [0.2, 0.25) is 0 Å². The van der Waals surface area contributed by atoms with Crippen molar-refractivity contribution in [1.29, 1.82) is 0 Å². The van der Waals surface area contributed by atoms with Gasteiger partial charge in [-0.3, -0.25) is 15.0 Å². The smallest absolute Gasteiger partial charge is 0.321 e. The van der Waals surface area contributed by atoms with Crippen LogP contribution >= 0.6 is 0 Å². The Bertz CT molecular complexity index is 242. The average Bonchev–Trinajstić information content (AvgIpc) is 2.29. The molecule has 0 aliphatic heterocycles. The summed E-state index contributed by atoms with van der Waals surface area (Å²) in [7, 11) is 0. The van der Waals surface area contributed by atoms with Gasteiger partial charge in [0.15, 0.2) is 0 Å². The van der Waals surface area contributed by atoms with Crippen LogP contribution in [0.4, 0.5) is 4.79 Å². The minimum absolute atomic E-state index is 0.0255. The molecule has 3 amide bonds. The third-order valence-electron chi connectivity index (χ3n) is 2.27. The van der Waals surface area contributed by atoms with E-state index in [-0.39, 0.29) is 32.8 Å². The number of amides is 3. The number of nitrogens with zero attached hydrogens (tertiary/aromatic N) is 1. The molecule has 18 heavy (non-hydrogen) atoms. The van der Waals surface area contributed by atoms with Crippen molar-refractivity contribution in [2.45, 2.75) is 19.8 Å².